The highest BCUT2D eigenvalue weighted by Gasteiger charge is 2.09. The number of ether oxygens (including phenoxy) is 2. The summed E-state index contributed by atoms with van der Waals surface area (Å²) in [5.41, 5.74) is 0.608. The first-order valence-electron chi connectivity index (χ1n) is 7.96. The first kappa shape index (κ1) is 19.1. The third-order valence-electron chi connectivity index (χ3n) is 3.42. The fourth-order valence-corrected chi connectivity index (χ4v) is 2.95. The largest absolute Gasteiger partial charge is 0.497 e. The second kappa shape index (κ2) is 9.93. The number of thioether (sulfide) groups is 1. The summed E-state index contributed by atoms with van der Waals surface area (Å²) in [6.07, 6.45) is 0. The lowest BCUT2D eigenvalue weighted by Crippen LogP contribution is -2.37. The van der Waals surface area contributed by atoms with Gasteiger partial charge in [0.25, 0.3) is 0 Å². The number of benzene rings is 2. The van der Waals surface area contributed by atoms with Gasteiger partial charge < -0.3 is 14.8 Å². The number of carbonyl (C=O) groups is 1. The number of carbonyl (C=O) groups excluding carboxylic acids is 1. The molecule has 0 fully saturated rings. The Hall–Kier alpha value is -2.21. The number of hydrogen-bond donors (Lipinski definition) is 1. The third kappa shape index (κ3) is 6.66. The fraction of sp³-hybridized carbons (Fsp3) is 0.316. The molecule has 1 atom stereocenters. The van der Waals surface area contributed by atoms with Crippen LogP contribution >= 0.6 is 11.8 Å². The van der Waals surface area contributed by atoms with Crippen molar-refractivity contribution in [3.05, 3.63) is 59.9 Å². The zero-order chi connectivity index (χ0) is 18.1. The molecule has 2 rings (SSSR count). The minimum absolute atomic E-state index is 0.0906. The predicted octanol–water partition coefficient (Wildman–Crippen LogP) is 3.65. The Morgan fingerprint density at radius 2 is 1.84 bits per heavy atom. The maximum atomic E-state index is 13.5. The van der Waals surface area contributed by atoms with Crippen molar-refractivity contribution in [2.45, 2.75) is 18.7 Å². The third-order valence-corrected chi connectivity index (χ3v) is 4.40. The molecule has 2 aromatic rings. The lowest BCUT2D eigenvalue weighted by Gasteiger charge is -2.15. The van der Waals surface area contributed by atoms with Gasteiger partial charge in [-0.1, -0.05) is 18.2 Å². The molecule has 4 nitrogen and oxygen atoms in total. The summed E-state index contributed by atoms with van der Waals surface area (Å²) < 4.78 is 24.2. The number of hydrogen-bond acceptors (Lipinski definition) is 4. The summed E-state index contributed by atoms with van der Waals surface area (Å²) in [5, 5.41) is 2.87. The zero-order valence-electron chi connectivity index (χ0n) is 14.3. The fourth-order valence-electron chi connectivity index (χ4n) is 2.12. The van der Waals surface area contributed by atoms with Crippen molar-refractivity contribution in [3.8, 4) is 11.5 Å². The molecule has 0 aliphatic carbocycles. The number of methoxy groups -OCH3 is 1. The van der Waals surface area contributed by atoms with Gasteiger partial charge in [0.2, 0.25) is 5.91 Å². The minimum atomic E-state index is -0.239. The Kier molecular flexibility index (Phi) is 7.60. The molecule has 2 aromatic carbocycles. The average molecular weight is 363 g/mol. The highest BCUT2D eigenvalue weighted by Crippen LogP contribution is 2.17. The van der Waals surface area contributed by atoms with Crippen LogP contribution in [0.2, 0.25) is 0 Å². The number of nitrogens with one attached hydrogen (secondary N) is 1. The van der Waals surface area contributed by atoms with Crippen molar-refractivity contribution in [2.24, 2.45) is 0 Å². The van der Waals surface area contributed by atoms with Gasteiger partial charge in [0.15, 0.2) is 0 Å². The van der Waals surface area contributed by atoms with E-state index in [-0.39, 0.29) is 23.5 Å². The Morgan fingerprint density at radius 1 is 1.16 bits per heavy atom. The quantitative estimate of drug-likeness (QED) is 0.739. The van der Waals surface area contributed by atoms with E-state index < -0.39 is 0 Å². The molecule has 25 heavy (non-hydrogen) atoms. The summed E-state index contributed by atoms with van der Waals surface area (Å²) in [7, 11) is 1.61. The first-order chi connectivity index (χ1) is 12.1. The van der Waals surface area contributed by atoms with Crippen LogP contribution in [0.4, 0.5) is 4.39 Å². The van der Waals surface area contributed by atoms with E-state index in [2.05, 4.69) is 5.32 Å². The Balaban J connectivity index is 1.66. The van der Waals surface area contributed by atoms with E-state index >= 15 is 0 Å². The van der Waals surface area contributed by atoms with Crippen LogP contribution in [-0.4, -0.2) is 31.4 Å². The lowest BCUT2D eigenvalue weighted by atomic mass is 10.2. The Bertz CT molecular complexity index is 679. The van der Waals surface area contributed by atoms with Crippen LogP contribution < -0.4 is 14.8 Å². The highest BCUT2D eigenvalue weighted by molar-refractivity contribution is 7.99. The van der Waals surface area contributed by atoms with E-state index in [1.54, 1.807) is 25.3 Å². The van der Waals surface area contributed by atoms with Crippen LogP contribution in [0.15, 0.2) is 48.5 Å². The number of rotatable bonds is 9. The molecule has 0 radical (unpaired) electrons. The van der Waals surface area contributed by atoms with E-state index in [1.165, 1.54) is 17.8 Å². The lowest BCUT2D eigenvalue weighted by molar-refractivity contribution is -0.119. The van der Waals surface area contributed by atoms with Crippen molar-refractivity contribution in [3.63, 3.8) is 0 Å². The molecule has 0 aromatic heterocycles. The maximum Gasteiger partial charge on any atom is 0.230 e. The molecule has 0 aliphatic rings. The monoisotopic (exact) mass is 363 g/mol. The van der Waals surface area contributed by atoms with Crippen LogP contribution in [0, 0.1) is 5.82 Å². The normalized spacial score (nSPS) is 11.6. The Labute approximate surface area is 151 Å². The van der Waals surface area contributed by atoms with Crippen molar-refractivity contribution < 1.29 is 18.7 Å². The van der Waals surface area contributed by atoms with Gasteiger partial charge in [0.05, 0.1) is 18.9 Å². The van der Waals surface area contributed by atoms with Gasteiger partial charge >= 0.3 is 0 Å². The van der Waals surface area contributed by atoms with Gasteiger partial charge in [-0.15, -0.1) is 11.8 Å². The molecule has 6 heteroatoms. The first-order valence-corrected chi connectivity index (χ1v) is 9.11. The van der Waals surface area contributed by atoms with Crippen LogP contribution in [0.3, 0.4) is 0 Å². The van der Waals surface area contributed by atoms with E-state index in [4.69, 9.17) is 9.47 Å². The molecule has 0 spiro atoms. The van der Waals surface area contributed by atoms with Gasteiger partial charge in [0.1, 0.15) is 23.9 Å². The Morgan fingerprint density at radius 3 is 2.52 bits per heavy atom. The maximum absolute atomic E-state index is 13.5. The van der Waals surface area contributed by atoms with E-state index in [9.17, 15) is 9.18 Å². The van der Waals surface area contributed by atoms with Gasteiger partial charge in [-0.2, -0.15) is 0 Å². The molecular weight excluding hydrogens is 341 g/mol. The minimum Gasteiger partial charge on any atom is -0.497 e. The van der Waals surface area contributed by atoms with Crippen LogP contribution in [0.5, 0.6) is 11.5 Å². The zero-order valence-corrected chi connectivity index (χ0v) is 15.1. The number of halogens is 1. The second-order valence-electron chi connectivity index (χ2n) is 5.54. The average Bonchev–Trinajstić information content (AvgIpc) is 2.62. The molecule has 134 valence electrons. The van der Waals surface area contributed by atoms with Gasteiger partial charge in [0, 0.05) is 5.75 Å². The van der Waals surface area contributed by atoms with E-state index in [1.807, 2.05) is 31.2 Å². The molecular formula is C19H22FNO3S. The molecule has 1 N–H and O–H groups in total. The van der Waals surface area contributed by atoms with Gasteiger partial charge in [-0.3, -0.25) is 4.79 Å². The molecule has 0 saturated heterocycles. The van der Waals surface area contributed by atoms with Crippen LogP contribution in [0.25, 0.3) is 0 Å². The molecule has 0 saturated carbocycles. The summed E-state index contributed by atoms with van der Waals surface area (Å²) in [6.45, 7) is 2.25. The molecule has 0 heterocycles. The molecule has 0 bridgehead atoms. The van der Waals surface area contributed by atoms with Crippen molar-refractivity contribution >= 4 is 17.7 Å². The van der Waals surface area contributed by atoms with Crippen molar-refractivity contribution in [1.82, 2.24) is 5.32 Å². The molecule has 0 aliphatic heterocycles. The predicted molar refractivity (Wildman–Crippen MR) is 98.7 cm³/mol. The van der Waals surface area contributed by atoms with Gasteiger partial charge in [-0.05, 0) is 42.8 Å². The molecule has 1 amide bonds. The second-order valence-corrected chi connectivity index (χ2v) is 6.52. The summed E-state index contributed by atoms with van der Waals surface area (Å²) in [5.74, 6) is 1.90. The van der Waals surface area contributed by atoms with Crippen molar-refractivity contribution in [1.29, 1.82) is 0 Å². The summed E-state index contributed by atoms with van der Waals surface area (Å²) in [6, 6.07) is 13.7. The summed E-state index contributed by atoms with van der Waals surface area (Å²) in [4.78, 5) is 11.9. The smallest absolute Gasteiger partial charge is 0.230 e. The van der Waals surface area contributed by atoms with Crippen LogP contribution in [0.1, 0.15) is 12.5 Å². The topological polar surface area (TPSA) is 47.6 Å². The van der Waals surface area contributed by atoms with Crippen molar-refractivity contribution in [2.75, 3.05) is 19.5 Å². The van der Waals surface area contributed by atoms with Crippen LogP contribution in [-0.2, 0) is 10.5 Å². The van der Waals surface area contributed by atoms with E-state index in [0.717, 1.165) is 11.5 Å². The summed E-state index contributed by atoms with van der Waals surface area (Å²) >= 11 is 1.38. The highest BCUT2D eigenvalue weighted by atomic mass is 32.2. The number of amides is 1. The molecule has 1 unspecified atom stereocenters. The standard InChI is InChI=1S/C19H22FNO3S/c1-14(11-24-17-9-7-16(23-2)8-10-17)21-19(22)13-25-12-15-5-3-4-6-18(15)20/h3-10,14H,11-13H2,1-2H3,(H,21,22). The van der Waals surface area contributed by atoms with E-state index in [0.29, 0.717) is 17.9 Å². The SMILES string of the molecule is COc1ccc(OCC(C)NC(=O)CSCc2ccccc2F)cc1. The van der Waals surface area contributed by atoms with Gasteiger partial charge in [-0.25, -0.2) is 4.39 Å².